The van der Waals surface area contributed by atoms with Crippen LogP contribution in [0.4, 0.5) is 5.69 Å². The van der Waals surface area contributed by atoms with Crippen LogP contribution in [0.1, 0.15) is 44.2 Å². The van der Waals surface area contributed by atoms with E-state index in [1.807, 2.05) is 0 Å². The number of rotatable bonds is 8. The SMILES string of the molecule is CCCCCN(C)c1ccc(CNCC)cc1C. The van der Waals surface area contributed by atoms with Gasteiger partial charge in [-0.3, -0.25) is 0 Å². The van der Waals surface area contributed by atoms with E-state index >= 15 is 0 Å². The summed E-state index contributed by atoms with van der Waals surface area (Å²) < 4.78 is 0. The van der Waals surface area contributed by atoms with Crippen LogP contribution in [0.5, 0.6) is 0 Å². The lowest BCUT2D eigenvalue weighted by Gasteiger charge is -2.22. The van der Waals surface area contributed by atoms with Crippen LogP contribution in [0, 0.1) is 6.92 Å². The van der Waals surface area contributed by atoms with Gasteiger partial charge in [-0.15, -0.1) is 0 Å². The third-order valence-corrected chi connectivity index (χ3v) is 3.35. The monoisotopic (exact) mass is 248 g/mol. The molecular weight excluding hydrogens is 220 g/mol. The number of anilines is 1. The molecule has 0 fully saturated rings. The van der Waals surface area contributed by atoms with Crippen molar-refractivity contribution in [3.05, 3.63) is 29.3 Å². The van der Waals surface area contributed by atoms with Gasteiger partial charge in [0.25, 0.3) is 0 Å². The van der Waals surface area contributed by atoms with Crippen molar-refractivity contribution in [1.29, 1.82) is 0 Å². The van der Waals surface area contributed by atoms with Crippen LogP contribution in [0.25, 0.3) is 0 Å². The molecule has 0 aliphatic rings. The molecule has 0 aliphatic carbocycles. The van der Waals surface area contributed by atoms with E-state index < -0.39 is 0 Å². The first-order chi connectivity index (χ1) is 8.69. The first-order valence-electron chi connectivity index (χ1n) is 7.20. The van der Waals surface area contributed by atoms with Crippen LogP contribution in [0.2, 0.25) is 0 Å². The first-order valence-corrected chi connectivity index (χ1v) is 7.20. The number of benzene rings is 1. The molecule has 0 spiro atoms. The largest absolute Gasteiger partial charge is 0.374 e. The second kappa shape index (κ2) is 8.15. The second-order valence-electron chi connectivity index (χ2n) is 5.03. The number of hydrogen-bond donors (Lipinski definition) is 1. The van der Waals surface area contributed by atoms with Gasteiger partial charge in [0, 0.05) is 25.8 Å². The molecule has 1 N–H and O–H groups in total. The maximum atomic E-state index is 3.37. The van der Waals surface area contributed by atoms with Crippen molar-refractivity contribution >= 4 is 5.69 Å². The topological polar surface area (TPSA) is 15.3 Å². The van der Waals surface area contributed by atoms with Crippen molar-refractivity contribution in [2.24, 2.45) is 0 Å². The van der Waals surface area contributed by atoms with Crippen molar-refractivity contribution < 1.29 is 0 Å². The molecule has 0 saturated heterocycles. The van der Waals surface area contributed by atoms with Crippen LogP contribution < -0.4 is 10.2 Å². The summed E-state index contributed by atoms with van der Waals surface area (Å²) in [5.41, 5.74) is 4.12. The summed E-state index contributed by atoms with van der Waals surface area (Å²) in [5, 5.41) is 3.37. The fraction of sp³-hybridized carbons (Fsp3) is 0.625. The molecule has 1 rings (SSSR count). The van der Waals surface area contributed by atoms with E-state index in [-0.39, 0.29) is 0 Å². The van der Waals surface area contributed by atoms with E-state index in [0.29, 0.717) is 0 Å². The Bertz CT molecular complexity index is 347. The number of nitrogens with zero attached hydrogens (tertiary/aromatic N) is 1. The molecule has 0 heterocycles. The molecule has 0 atom stereocenters. The van der Waals surface area contributed by atoms with E-state index in [2.05, 4.69) is 56.2 Å². The van der Waals surface area contributed by atoms with E-state index in [1.54, 1.807) is 0 Å². The van der Waals surface area contributed by atoms with Crippen LogP contribution in [0.3, 0.4) is 0 Å². The quantitative estimate of drug-likeness (QED) is 0.705. The lowest BCUT2D eigenvalue weighted by molar-refractivity contribution is 0.703. The fourth-order valence-corrected chi connectivity index (χ4v) is 2.24. The zero-order chi connectivity index (χ0) is 13.4. The Morgan fingerprint density at radius 1 is 1.17 bits per heavy atom. The van der Waals surface area contributed by atoms with Crippen LogP contribution >= 0.6 is 0 Å². The van der Waals surface area contributed by atoms with E-state index in [0.717, 1.165) is 19.6 Å². The molecule has 0 radical (unpaired) electrons. The number of aryl methyl sites for hydroxylation is 1. The number of nitrogens with one attached hydrogen (secondary N) is 1. The predicted molar refractivity (Wildman–Crippen MR) is 81.4 cm³/mol. The maximum absolute atomic E-state index is 3.37. The standard InChI is InChI=1S/C16H28N2/c1-5-7-8-11-18(4)16-10-9-15(12-14(16)3)13-17-6-2/h9-10,12,17H,5-8,11,13H2,1-4H3. The predicted octanol–water partition coefficient (Wildman–Crippen LogP) is 3.73. The molecule has 18 heavy (non-hydrogen) atoms. The molecule has 0 aromatic heterocycles. The van der Waals surface area contributed by atoms with Gasteiger partial charge >= 0.3 is 0 Å². The smallest absolute Gasteiger partial charge is 0.0393 e. The molecular formula is C16H28N2. The summed E-state index contributed by atoms with van der Waals surface area (Å²) >= 11 is 0. The molecule has 0 unspecified atom stereocenters. The van der Waals surface area contributed by atoms with Gasteiger partial charge in [0.15, 0.2) is 0 Å². The molecule has 0 bridgehead atoms. The van der Waals surface area contributed by atoms with Gasteiger partial charge in [0.1, 0.15) is 0 Å². The lowest BCUT2D eigenvalue weighted by atomic mass is 10.1. The van der Waals surface area contributed by atoms with Gasteiger partial charge in [-0.1, -0.05) is 38.8 Å². The molecule has 0 amide bonds. The van der Waals surface area contributed by atoms with Crippen LogP contribution in [-0.4, -0.2) is 20.1 Å². The van der Waals surface area contributed by atoms with Gasteiger partial charge in [0.2, 0.25) is 0 Å². The summed E-state index contributed by atoms with van der Waals surface area (Å²) in [7, 11) is 2.20. The normalized spacial score (nSPS) is 10.7. The van der Waals surface area contributed by atoms with Gasteiger partial charge < -0.3 is 10.2 Å². The van der Waals surface area contributed by atoms with E-state index in [9.17, 15) is 0 Å². The summed E-state index contributed by atoms with van der Waals surface area (Å²) in [4.78, 5) is 2.38. The Morgan fingerprint density at radius 2 is 1.94 bits per heavy atom. The zero-order valence-corrected chi connectivity index (χ0v) is 12.4. The minimum absolute atomic E-state index is 0.969. The first kappa shape index (κ1) is 15.0. The highest BCUT2D eigenvalue weighted by atomic mass is 15.1. The van der Waals surface area contributed by atoms with E-state index in [1.165, 1.54) is 36.1 Å². The van der Waals surface area contributed by atoms with Gasteiger partial charge in [-0.25, -0.2) is 0 Å². The molecule has 0 aliphatic heterocycles. The van der Waals surface area contributed by atoms with Crippen molar-refractivity contribution in [3.8, 4) is 0 Å². The molecule has 2 nitrogen and oxygen atoms in total. The highest BCUT2D eigenvalue weighted by molar-refractivity contribution is 5.53. The maximum Gasteiger partial charge on any atom is 0.0393 e. The molecule has 2 heteroatoms. The van der Waals surface area contributed by atoms with E-state index in [4.69, 9.17) is 0 Å². The summed E-state index contributed by atoms with van der Waals surface area (Å²) in [6.45, 7) is 9.75. The zero-order valence-electron chi connectivity index (χ0n) is 12.4. The van der Waals surface area contributed by atoms with Crippen molar-refractivity contribution in [2.45, 2.75) is 46.6 Å². The highest BCUT2D eigenvalue weighted by Crippen LogP contribution is 2.20. The van der Waals surface area contributed by atoms with Crippen molar-refractivity contribution in [3.63, 3.8) is 0 Å². The molecule has 1 aromatic rings. The molecule has 1 aromatic carbocycles. The lowest BCUT2D eigenvalue weighted by Crippen LogP contribution is -2.19. The van der Waals surface area contributed by atoms with Gasteiger partial charge in [-0.05, 0) is 37.1 Å². The minimum atomic E-state index is 0.969. The average Bonchev–Trinajstić information content (AvgIpc) is 2.36. The van der Waals surface area contributed by atoms with Gasteiger partial charge in [0.05, 0.1) is 0 Å². The Hall–Kier alpha value is -1.02. The van der Waals surface area contributed by atoms with Crippen LogP contribution in [-0.2, 0) is 6.54 Å². The minimum Gasteiger partial charge on any atom is -0.374 e. The van der Waals surface area contributed by atoms with Crippen LogP contribution in [0.15, 0.2) is 18.2 Å². The third kappa shape index (κ3) is 4.69. The molecule has 102 valence electrons. The summed E-state index contributed by atoms with van der Waals surface area (Å²) in [5.74, 6) is 0. The van der Waals surface area contributed by atoms with Crippen molar-refractivity contribution in [2.75, 3.05) is 25.0 Å². The Kier molecular flexibility index (Phi) is 6.81. The average molecular weight is 248 g/mol. The second-order valence-corrected chi connectivity index (χ2v) is 5.03. The summed E-state index contributed by atoms with van der Waals surface area (Å²) in [6.07, 6.45) is 3.89. The van der Waals surface area contributed by atoms with Gasteiger partial charge in [-0.2, -0.15) is 0 Å². The fourth-order valence-electron chi connectivity index (χ4n) is 2.24. The molecule has 0 saturated carbocycles. The summed E-state index contributed by atoms with van der Waals surface area (Å²) in [6, 6.07) is 6.80. The highest BCUT2D eigenvalue weighted by Gasteiger charge is 2.05. The Balaban J connectivity index is 2.60. The third-order valence-electron chi connectivity index (χ3n) is 3.35. The number of unbranched alkanes of at least 4 members (excludes halogenated alkanes) is 2. The van der Waals surface area contributed by atoms with Crippen molar-refractivity contribution in [1.82, 2.24) is 5.32 Å². The number of hydrogen-bond acceptors (Lipinski definition) is 2. The Morgan fingerprint density at radius 3 is 2.56 bits per heavy atom. The Labute approximate surface area is 112 Å².